The predicted molar refractivity (Wildman–Crippen MR) is 122 cm³/mol. The lowest BCUT2D eigenvalue weighted by Crippen LogP contribution is -2.47. The highest BCUT2D eigenvalue weighted by Crippen LogP contribution is 2.31. The molecule has 0 fully saturated rings. The third kappa shape index (κ3) is 4.95. The SMILES string of the molecule is CCCCn1c(N)c(N(CC(C)C)C(=O)C2COc3ccc(Cl)cc3C2)c(=O)[nH]c1=O. The first-order valence-electron chi connectivity index (χ1n) is 10.6. The summed E-state index contributed by atoms with van der Waals surface area (Å²) in [5, 5.41) is 0.568. The number of rotatable bonds is 7. The second-order valence-corrected chi connectivity index (χ2v) is 8.74. The molecule has 9 heteroatoms. The zero-order chi connectivity index (χ0) is 22.7. The third-order valence-electron chi connectivity index (χ3n) is 5.31. The molecule has 0 aliphatic carbocycles. The number of fused-ring (bicyclic) bond motifs is 1. The molecule has 168 valence electrons. The number of carbonyl (C=O) groups is 1. The van der Waals surface area contributed by atoms with Crippen LogP contribution in [0, 0.1) is 11.8 Å². The van der Waals surface area contributed by atoms with Crippen molar-refractivity contribution in [3.05, 3.63) is 49.6 Å². The van der Waals surface area contributed by atoms with Crippen LogP contribution in [-0.2, 0) is 17.8 Å². The van der Waals surface area contributed by atoms with Gasteiger partial charge in [0, 0.05) is 18.1 Å². The Morgan fingerprint density at radius 1 is 1.39 bits per heavy atom. The van der Waals surface area contributed by atoms with Crippen molar-refractivity contribution in [2.24, 2.45) is 11.8 Å². The number of unbranched alkanes of at least 4 members (excludes halogenated alkanes) is 1. The number of carbonyl (C=O) groups excluding carboxylic acids is 1. The van der Waals surface area contributed by atoms with Crippen LogP contribution in [0.4, 0.5) is 11.5 Å². The highest BCUT2D eigenvalue weighted by molar-refractivity contribution is 6.30. The molecule has 3 rings (SSSR count). The quantitative estimate of drug-likeness (QED) is 0.676. The molecule has 1 aliphatic rings. The first kappa shape index (κ1) is 22.9. The molecule has 1 atom stereocenters. The summed E-state index contributed by atoms with van der Waals surface area (Å²) in [6.07, 6.45) is 2.02. The van der Waals surface area contributed by atoms with Gasteiger partial charge in [-0.3, -0.25) is 19.1 Å². The van der Waals surface area contributed by atoms with Crippen LogP contribution in [0.5, 0.6) is 5.75 Å². The molecule has 1 aromatic carbocycles. The Morgan fingerprint density at radius 3 is 2.81 bits per heavy atom. The second-order valence-electron chi connectivity index (χ2n) is 8.31. The molecule has 8 nitrogen and oxygen atoms in total. The van der Waals surface area contributed by atoms with E-state index in [9.17, 15) is 14.4 Å². The number of nitrogens with one attached hydrogen (secondary N) is 1. The highest BCUT2D eigenvalue weighted by Gasteiger charge is 2.33. The Labute approximate surface area is 186 Å². The molecular weight excluding hydrogens is 420 g/mol. The summed E-state index contributed by atoms with van der Waals surface area (Å²) in [5.74, 6) is 0.0208. The minimum absolute atomic E-state index is 0.0105. The van der Waals surface area contributed by atoms with E-state index in [1.165, 1.54) is 9.47 Å². The Morgan fingerprint density at radius 2 is 2.13 bits per heavy atom. The Bertz CT molecular complexity index is 1080. The molecule has 3 N–H and O–H groups in total. The van der Waals surface area contributed by atoms with E-state index in [1.54, 1.807) is 18.2 Å². The maximum absolute atomic E-state index is 13.6. The zero-order valence-electron chi connectivity index (χ0n) is 18.1. The van der Waals surface area contributed by atoms with E-state index >= 15 is 0 Å². The largest absolute Gasteiger partial charge is 0.492 e. The van der Waals surface area contributed by atoms with Crippen LogP contribution >= 0.6 is 11.6 Å². The summed E-state index contributed by atoms with van der Waals surface area (Å²) in [5.41, 5.74) is 5.90. The number of nitrogens with two attached hydrogens (primary N) is 1. The van der Waals surface area contributed by atoms with Gasteiger partial charge in [-0.05, 0) is 42.5 Å². The minimum atomic E-state index is -0.663. The number of aromatic nitrogens is 2. The molecule has 0 saturated heterocycles. The maximum Gasteiger partial charge on any atom is 0.330 e. The molecule has 1 unspecified atom stereocenters. The number of nitrogens with zero attached hydrogens (tertiary/aromatic N) is 2. The van der Waals surface area contributed by atoms with E-state index in [0.717, 1.165) is 18.4 Å². The van der Waals surface area contributed by atoms with Gasteiger partial charge in [0.2, 0.25) is 5.91 Å². The average Bonchev–Trinajstić information content (AvgIpc) is 2.71. The van der Waals surface area contributed by atoms with Gasteiger partial charge in [-0.25, -0.2) is 4.79 Å². The van der Waals surface area contributed by atoms with Crippen LogP contribution in [0.25, 0.3) is 0 Å². The highest BCUT2D eigenvalue weighted by atomic mass is 35.5. The van der Waals surface area contributed by atoms with Gasteiger partial charge in [0.05, 0.1) is 5.92 Å². The number of ether oxygens (including phenoxy) is 1. The summed E-state index contributed by atoms with van der Waals surface area (Å²) in [6, 6.07) is 5.32. The van der Waals surface area contributed by atoms with Crippen molar-refractivity contribution in [1.29, 1.82) is 0 Å². The molecule has 0 bridgehead atoms. The zero-order valence-corrected chi connectivity index (χ0v) is 18.9. The van der Waals surface area contributed by atoms with Crippen LogP contribution in [0.15, 0.2) is 27.8 Å². The summed E-state index contributed by atoms with van der Waals surface area (Å²) in [6.45, 7) is 6.74. The van der Waals surface area contributed by atoms with Gasteiger partial charge >= 0.3 is 5.69 Å². The Kier molecular flexibility index (Phi) is 7.10. The number of H-pyrrole nitrogens is 1. The van der Waals surface area contributed by atoms with Crippen LogP contribution < -0.4 is 26.6 Å². The first-order chi connectivity index (χ1) is 14.7. The standard InChI is InChI=1S/C22H29ClN4O4/c1-4-5-8-26-19(24)18(20(28)25-22(26)30)27(11-13(2)3)21(29)15-9-14-10-16(23)6-7-17(14)31-12-15/h6-7,10,13,15H,4-5,8-9,11-12,24H2,1-3H3,(H,25,28,30). The molecule has 31 heavy (non-hydrogen) atoms. The van der Waals surface area contributed by atoms with Gasteiger partial charge < -0.3 is 15.4 Å². The fourth-order valence-corrected chi connectivity index (χ4v) is 3.97. The number of aromatic amines is 1. The number of hydrogen-bond donors (Lipinski definition) is 2. The summed E-state index contributed by atoms with van der Waals surface area (Å²) >= 11 is 6.10. The number of hydrogen-bond acceptors (Lipinski definition) is 5. The third-order valence-corrected chi connectivity index (χ3v) is 5.55. The van der Waals surface area contributed by atoms with Crippen LogP contribution in [0.2, 0.25) is 5.02 Å². The Balaban J connectivity index is 2.00. The van der Waals surface area contributed by atoms with E-state index in [2.05, 4.69) is 4.98 Å². The molecule has 2 heterocycles. The normalized spacial score (nSPS) is 15.5. The van der Waals surface area contributed by atoms with Crippen molar-refractivity contribution in [2.75, 3.05) is 23.8 Å². The molecule has 0 saturated carbocycles. The van der Waals surface area contributed by atoms with E-state index in [-0.39, 0.29) is 36.5 Å². The second kappa shape index (κ2) is 9.60. The van der Waals surface area contributed by atoms with E-state index < -0.39 is 17.2 Å². The summed E-state index contributed by atoms with van der Waals surface area (Å²) in [4.78, 5) is 42.3. The van der Waals surface area contributed by atoms with Crippen LogP contribution in [0.3, 0.4) is 0 Å². The number of benzene rings is 1. The first-order valence-corrected chi connectivity index (χ1v) is 11.0. The number of halogens is 1. The lowest BCUT2D eigenvalue weighted by molar-refractivity contribution is -0.123. The molecule has 1 aliphatic heterocycles. The van der Waals surface area contributed by atoms with Crippen LogP contribution in [-0.4, -0.2) is 28.6 Å². The van der Waals surface area contributed by atoms with Crippen molar-refractivity contribution >= 4 is 29.0 Å². The Hall–Kier alpha value is -2.74. The molecule has 0 radical (unpaired) electrons. The van der Waals surface area contributed by atoms with Crippen molar-refractivity contribution in [3.8, 4) is 5.75 Å². The number of amides is 1. The lowest BCUT2D eigenvalue weighted by atomic mass is 9.95. The monoisotopic (exact) mass is 448 g/mol. The lowest BCUT2D eigenvalue weighted by Gasteiger charge is -2.32. The van der Waals surface area contributed by atoms with E-state index in [0.29, 0.717) is 23.7 Å². The van der Waals surface area contributed by atoms with Crippen molar-refractivity contribution in [1.82, 2.24) is 9.55 Å². The number of anilines is 2. The predicted octanol–water partition coefficient (Wildman–Crippen LogP) is 2.81. The average molecular weight is 449 g/mol. The molecule has 0 spiro atoms. The van der Waals surface area contributed by atoms with Gasteiger partial charge in [0.1, 0.15) is 18.2 Å². The smallest absolute Gasteiger partial charge is 0.330 e. The fraction of sp³-hybridized carbons (Fsp3) is 0.500. The van der Waals surface area contributed by atoms with Gasteiger partial charge in [0.25, 0.3) is 5.56 Å². The number of nitrogen functional groups attached to an aromatic ring is 1. The molecule has 1 aromatic heterocycles. The van der Waals surface area contributed by atoms with Crippen molar-refractivity contribution in [2.45, 2.75) is 46.6 Å². The van der Waals surface area contributed by atoms with E-state index in [4.69, 9.17) is 22.1 Å². The molecule has 2 aromatic rings. The maximum atomic E-state index is 13.6. The summed E-state index contributed by atoms with van der Waals surface area (Å²) in [7, 11) is 0. The summed E-state index contributed by atoms with van der Waals surface area (Å²) < 4.78 is 7.11. The van der Waals surface area contributed by atoms with Gasteiger partial charge in [-0.15, -0.1) is 0 Å². The molecular formula is C22H29ClN4O4. The van der Waals surface area contributed by atoms with Gasteiger partial charge in [0.15, 0.2) is 5.69 Å². The van der Waals surface area contributed by atoms with Gasteiger partial charge in [-0.1, -0.05) is 38.8 Å². The topological polar surface area (TPSA) is 110 Å². The van der Waals surface area contributed by atoms with Crippen molar-refractivity contribution in [3.63, 3.8) is 0 Å². The van der Waals surface area contributed by atoms with E-state index in [1.807, 2.05) is 20.8 Å². The van der Waals surface area contributed by atoms with Crippen LogP contribution in [0.1, 0.15) is 39.2 Å². The van der Waals surface area contributed by atoms with Crippen molar-refractivity contribution < 1.29 is 9.53 Å². The molecule has 1 amide bonds. The minimum Gasteiger partial charge on any atom is -0.492 e. The fourth-order valence-electron chi connectivity index (χ4n) is 3.78. The van der Waals surface area contributed by atoms with Gasteiger partial charge in [-0.2, -0.15) is 0 Å².